The molecule has 0 saturated heterocycles. The third-order valence-electron chi connectivity index (χ3n) is 3.68. The number of aryl methyl sites for hydroxylation is 1. The third-order valence-corrected chi connectivity index (χ3v) is 4.30. The van der Waals surface area contributed by atoms with Gasteiger partial charge in [0.2, 0.25) is 0 Å². The van der Waals surface area contributed by atoms with Crippen LogP contribution in [0.15, 0.2) is 41.0 Å². The standard InChI is InChI=1S/C17H19BrN2O/c1-12-4-3-9-19-16(12)11-21-17-13(5-2-6-15(17)18)10-20-14-7-8-14/h2-6,9,14,20H,7-8,10-11H2,1H3. The fourth-order valence-corrected chi connectivity index (χ4v) is 2.73. The Balaban J connectivity index is 1.72. The highest BCUT2D eigenvalue weighted by Gasteiger charge is 2.21. The molecule has 0 unspecified atom stereocenters. The van der Waals surface area contributed by atoms with Gasteiger partial charge >= 0.3 is 0 Å². The molecule has 0 radical (unpaired) electrons. The van der Waals surface area contributed by atoms with Crippen LogP contribution in [0.4, 0.5) is 0 Å². The summed E-state index contributed by atoms with van der Waals surface area (Å²) in [5, 5.41) is 3.53. The Labute approximate surface area is 133 Å². The van der Waals surface area contributed by atoms with Gasteiger partial charge in [-0.3, -0.25) is 4.98 Å². The highest BCUT2D eigenvalue weighted by molar-refractivity contribution is 9.10. The fourth-order valence-electron chi connectivity index (χ4n) is 2.21. The van der Waals surface area contributed by atoms with E-state index in [0.29, 0.717) is 12.6 Å². The van der Waals surface area contributed by atoms with Gasteiger partial charge in [-0.25, -0.2) is 0 Å². The molecule has 0 spiro atoms. The monoisotopic (exact) mass is 346 g/mol. The Morgan fingerprint density at radius 2 is 2.14 bits per heavy atom. The van der Waals surface area contributed by atoms with Gasteiger partial charge in [0.1, 0.15) is 12.4 Å². The van der Waals surface area contributed by atoms with Gasteiger partial charge in [0.05, 0.1) is 10.2 Å². The number of nitrogens with one attached hydrogen (secondary N) is 1. The minimum absolute atomic E-state index is 0.492. The minimum atomic E-state index is 0.492. The van der Waals surface area contributed by atoms with Crippen molar-refractivity contribution in [1.82, 2.24) is 10.3 Å². The first-order valence-electron chi connectivity index (χ1n) is 7.28. The molecule has 3 nitrogen and oxygen atoms in total. The average Bonchev–Trinajstić information content (AvgIpc) is 3.30. The largest absolute Gasteiger partial charge is 0.486 e. The Bertz CT molecular complexity index is 626. The predicted molar refractivity (Wildman–Crippen MR) is 87.3 cm³/mol. The Hall–Kier alpha value is -1.39. The van der Waals surface area contributed by atoms with Gasteiger partial charge in [-0.2, -0.15) is 0 Å². The summed E-state index contributed by atoms with van der Waals surface area (Å²) in [5.74, 6) is 0.913. The summed E-state index contributed by atoms with van der Waals surface area (Å²) >= 11 is 3.59. The van der Waals surface area contributed by atoms with E-state index < -0.39 is 0 Å². The molecule has 4 heteroatoms. The molecule has 3 rings (SSSR count). The third kappa shape index (κ3) is 3.83. The van der Waals surface area contributed by atoms with Crippen LogP contribution in [0.25, 0.3) is 0 Å². The molecule has 2 aromatic rings. The summed E-state index contributed by atoms with van der Waals surface area (Å²) in [6.45, 7) is 3.40. The molecule has 0 bridgehead atoms. The predicted octanol–water partition coefficient (Wildman–Crippen LogP) is 3.98. The number of pyridine rings is 1. The van der Waals surface area contributed by atoms with E-state index in [2.05, 4.69) is 45.3 Å². The summed E-state index contributed by atoms with van der Waals surface area (Å²) in [4.78, 5) is 4.38. The maximum absolute atomic E-state index is 6.04. The molecule has 1 heterocycles. The molecule has 21 heavy (non-hydrogen) atoms. The van der Waals surface area contributed by atoms with Crippen molar-refractivity contribution in [2.45, 2.75) is 39.0 Å². The van der Waals surface area contributed by atoms with E-state index in [1.807, 2.05) is 18.2 Å². The molecular formula is C17H19BrN2O. The molecular weight excluding hydrogens is 328 g/mol. The van der Waals surface area contributed by atoms with E-state index in [4.69, 9.17) is 4.74 Å². The van der Waals surface area contributed by atoms with Crippen LogP contribution in [0.5, 0.6) is 5.75 Å². The number of para-hydroxylation sites is 1. The van der Waals surface area contributed by atoms with Crippen LogP contribution in [-0.4, -0.2) is 11.0 Å². The van der Waals surface area contributed by atoms with E-state index in [0.717, 1.165) is 28.0 Å². The van der Waals surface area contributed by atoms with Gasteiger partial charge in [-0.1, -0.05) is 18.2 Å². The molecule has 1 aromatic carbocycles. The Morgan fingerprint density at radius 3 is 2.90 bits per heavy atom. The van der Waals surface area contributed by atoms with Crippen molar-refractivity contribution in [3.8, 4) is 5.75 Å². The first-order chi connectivity index (χ1) is 10.2. The second-order valence-electron chi connectivity index (χ2n) is 5.44. The smallest absolute Gasteiger partial charge is 0.138 e. The second kappa shape index (κ2) is 6.58. The Morgan fingerprint density at radius 1 is 1.29 bits per heavy atom. The minimum Gasteiger partial charge on any atom is -0.486 e. The van der Waals surface area contributed by atoms with Gasteiger partial charge in [0.25, 0.3) is 0 Å². The maximum Gasteiger partial charge on any atom is 0.138 e. The first kappa shape index (κ1) is 14.5. The zero-order chi connectivity index (χ0) is 14.7. The summed E-state index contributed by atoms with van der Waals surface area (Å²) in [5.41, 5.74) is 3.32. The summed E-state index contributed by atoms with van der Waals surface area (Å²) in [7, 11) is 0. The average molecular weight is 347 g/mol. The van der Waals surface area contributed by atoms with Crippen molar-refractivity contribution in [3.05, 3.63) is 57.8 Å². The zero-order valence-electron chi connectivity index (χ0n) is 12.1. The van der Waals surface area contributed by atoms with Crippen LogP contribution >= 0.6 is 15.9 Å². The molecule has 1 aliphatic rings. The summed E-state index contributed by atoms with van der Waals surface area (Å²) < 4.78 is 7.03. The lowest BCUT2D eigenvalue weighted by atomic mass is 10.2. The van der Waals surface area contributed by atoms with Crippen molar-refractivity contribution >= 4 is 15.9 Å². The van der Waals surface area contributed by atoms with Crippen LogP contribution in [0.3, 0.4) is 0 Å². The quantitative estimate of drug-likeness (QED) is 0.858. The van der Waals surface area contributed by atoms with E-state index in [1.165, 1.54) is 18.4 Å². The second-order valence-corrected chi connectivity index (χ2v) is 6.29. The summed E-state index contributed by atoms with van der Waals surface area (Å²) in [6, 6.07) is 10.9. The van der Waals surface area contributed by atoms with Gasteiger partial charge in [-0.05, 0) is 53.4 Å². The van der Waals surface area contributed by atoms with Gasteiger partial charge in [0, 0.05) is 24.3 Å². The molecule has 0 aliphatic heterocycles. The van der Waals surface area contributed by atoms with Gasteiger partial charge in [-0.15, -0.1) is 0 Å². The molecule has 1 saturated carbocycles. The SMILES string of the molecule is Cc1cccnc1COc1c(Br)cccc1CNC1CC1. The fraction of sp³-hybridized carbons (Fsp3) is 0.353. The molecule has 110 valence electrons. The lowest BCUT2D eigenvalue weighted by Gasteiger charge is -2.14. The van der Waals surface area contributed by atoms with Crippen molar-refractivity contribution in [1.29, 1.82) is 0 Å². The van der Waals surface area contributed by atoms with Crippen LogP contribution in [0, 0.1) is 6.92 Å². The van der Waals surface area contributed by atoms with Crippen molar-refractivity contribution in [2.24, 2.45) is 0 Å². The zero-order valence-corrected chi connectivity index (χ0v) is 13.7. The number of ether oxygens (including phenoxy) is 1. The first-order valence-corrected chi connectivity index (χ1v) is 8.07. The number of hydrogen-bond donors (Lipinski definition) is 1. The molecule has 0 amide bonds. The normalized spacial score (nSPS) is 14.2. The van der Waals surface area contributed by atoms with Crippen LogP contribution < -0.4 is 10.1 Å². The molecule has 1 aliphatic carbocycles. The van der Waals surface area contributed by atoms with E-state index in [9.17, 15) is 0 Å². The number of hydrogen-bond acceptors (Lipinski definition) is 3. The lowest BCUT2D eigenvalue weighted by Crippen LogP contribution is -2.16. The summed E-state index contributed by atoms with van der Waals surface area (Å²) in [6.07, 6.45) is 4.38. The van der Waals surface area contributed by atoms with E-state index in [1.54, 1.807) is 6.20 Å². The van der Waals surface area contributed by atoms with Gasteiger partial charge < -0.3 is 10.1 Å². The lowest BCUT2D eigenvalue weighted by molar-refractivity contribution is 0.294. The van der Waals surface area contributed by atoms with E-state index >= 15 is 0 Å². The van der Waals surface area contributed by atoms with Gasteiger partial charge in [0.15, 0.2) is 0 Å². The molecule has 0 atom stereocenters. The molecule has 1 fully saturated rings. The highest BCUT2D eigenvalue weighted by Crippen LogP contribution is 2.30. The highest BCUT2D eigenvalue weighted by atomic mass is 79.9. The number of nitrogens with zero attached hydrogens (tertiary/aromatic N) is 1. The molecule has 1 aromatic heterocycles. The van der Waals surface area contributed by atoms with Crippen LogP contribution in [0.2, 0.25) is 0 Å². The topological polar surface area (TPSA) is 34.1 Å². The maximum atomic E-state index is 6.04. The number of rotatable bonds is 6. The number of aromatic nitrogens is 1. The van der Waals surface area contributed by atoms with Crippen LogP contribution in [0.1, 0.15) is 29.7 Å². The number of benzene rings is 1. The van der Waals surface area contributed by atoms with Crippen molar-refractivity contribution < 1.29 is 4.74 Å². The van der Waals surface area contributed by atoms with E-state index in [-0.39, 0.29) is 0 Å². The van der Waals surface area contributed by atoms with Crippen molar-refractivity contribution in [3.63, 3.8) is 0 Å². The Kier molecular flexibility index (Phi) is 4.56. The molecule has 1 N–H and O–H groups in total. The van der Waals surface area contributed by atoms with Crippen LogP contribution in [-0.2, 0) is 13.2 Å². The van der Waals surface area contributed by atoms with Crippen molar-refractivity contribution in [2.75, 3.05) is 0 Å². The number of halogens is 1.